The molecule has 5 heteroatoms. The summed E-state index contributed by atoms with van der Waals surface area (Å²) >= 11 is 0. The molecule has 0 unspecified atom stereocenters. The molecule has 0 aromatic heterocycles. The molecule has 20 heavy (non-hydrogen) atoms. The lowest BCUT2D eigenvalue weighted by atomic mass is 9.93. The average molecular weight is 277 g/mol. The van der Waals surface area contributed by atoms with Crippen LogP contribution in [0.3, 0.4) is 0 Å². The van der Waals surface area contributed by atoms with Crippen molar-refractivity contribution in [2.75, 3.05) is 13.1 Å². The largest absolute Gasteiger partial charge is 0.507 e. The molecule has 1 aliphatic rings. The Balaban J connectivity index is 1.99. The van der Waals surface area contributed by atoms with Gasteiger partial charge in [0.1, 0.15) is 5.75 Å². The number of phenols is 1. The zero-order valence-corrected chi connectivity index (χ0v) is 11.5. The maximum Gasteiger partial charge on any atom is 0.303 e. The van der Waals surface area contributed by atoms with Crippen molar-refractivity contribution >= 4 is 11.9 Å². The molecule has 0 aliphatic carbocycles. The summed E-state index contributed by atoms with van der Waals surface area (Å²) < 4.78 is 0. The summed E-state index contributed by atoms with van der Waals surface area (Å²) in [4.78, 5) is 24.7. The Labute approximate surface area is 117 Å². The first-order valence-electron chi connectivity index (χ1n) is 6.78. The fourth-order valence-electron chi connectivity index (χ4n) is 2.58. The van der Waals surface area contributed by atoms with Crippen molar-refractivity contribution in [3.05, 3.63) is 29.3 Å². The minimum absolute atomic E-state index is 0.00246. The molecule has 1 aromatic carbocycles. The van der Waals surface area contributed by atoms with Crippen molar-refractivity contribution in [1.82, 2.24) is 4.90 Å². The smallest absolute Gasteiger partial charge is 0.303 e. The van der Waals surface area contributed by atoms with Crippen molar-refractivity contribution < 1.29 is 19.8 Å². The fourth-order valence-corrected chi connectivity index (χ4v) is 2.58. The SMILES string of the molecule is Cc1ccc(C(=O)N2CCC(CC(=O)O)CC2)c(O)c1. The van der Waals surface area contributed by atoms with Crippen LogP contribution in [-0.2, 0) is 4.79 Å². The summed E-state index contributed by atoms with van der Waals surface area (Å²) in [6, 6.07) is 5.00. The van der Waals surface area contributed by atoms with Crippen LogP contribution in [0.15, 0.2) is 18.2 Å². The number of benzene rings is 1. The highest BCUT2D eigenvalue weighted by atomic mass is 16.4. The monoisotopic (exact) mass is 277 g/mol. The zero-order valence-electron chi connectivity index (χ0n) is 11.5. The van der Waals surface area contributed by atoms with Gasteiger partial charge in [-0.05, 0) is 43.4 Å². The molecular weight excluding hydrogens is 258 g/mol. The molecule has 1 aromatic rings. The third-order valence-electron chi connectivity index (χ3n) is 3.75. The van der Waals surface area contributed by atoms with Gasteiger partial charge in [0.05, 0.1) is 5.56 Å². The van der Waals surface area contributed by atoms with E-state index in [4.69, 9.17) is 5.11 Å². The third-order valence-corrected chi connectivity index (χ3v) is 3.75. The van der Waals surface area contributed by atoms with Crippen LogP contribution in [0.25, 0.3) is 0 Å². The van der Waals surface area contributed by atoms with Crippen LogP contribution in [0.1, 0.15) is 35.2 Å². The van der Waals surface area contributed by atoms with Crippen molar-refractivity contribution in [2.45, 2.75) is 26.2 Å². The first-order chi connectivity index (χ1) is 9.47. The highest BCUT2D eigenvalue weighted by Gasteiger charge is 2.26. The summed E-state index contributed by atoms with van der Waals surface area (Å²) in [6.07, 6.45) is 1.56. The van der Waals surface area contributed by atoms with Gasteiger partial charge in [-0.3, -0.25) is 9.59 Å². The molecular formula is C15H19NO4. The van der Waals surface area contributed by atoms with Crippen molar-refractivity contribution in [3.8, 4) is 5.75 Å². The van der Waals surface area contributed by atoms with Gasteiger partial charge >= 0.3 is 5.97 Å². The number of carbonyl (C=O) groups is 2. The fraction of sp³-hybridized carbons (Fsp3) is 0.467. The van der Waals surface area contributed by atoms with Gasteiger partial charge in [0, 0.05) is 19.5 Å². The van der Waals surface area contributed by atoms with Gasteiger partial charge < -0.3 is 15.1 Å². The summed E-state index contributed by atoms with van der Waals surface area (Å²) in [5.41, 5.74) is 1.21. The highest BCUT2D eigenvalue weighted by molar-refractivity contribution is 5.97. The van der Waals surface area contributed by atoms with Crippen LogP contribution in [0.2, 0.25) is 0 Å². The number of likely N-dealkylation sites (tertiary alicyclic amines) is 1. The summed E-state index contributed by atoms with van der Waals surface area (Å²) in [5, 5.41) is 18.6. The first-order valence-corrected chi connectivity index (χ1v) is 6.78. The molecule has 0 radical (unpaired) electrons. The number of phenolic OH excluding ortho intramolecular Hbond substituents is 1. The van der Waals surface area contributed by atoms with E-state index in [-0.39, 0.29) is 24.0 Å². The second-order valence-corrected chi connectivity index (χ2v) is 5.35. The topological polar surface area (TPSA) is 77.8 Å². The van der Waals surface area contributed by atoms with Gasteiger partial charge in [-0.15, -0.1) is 0 Å². The van der Waals surface area contributed by atoms with Crippen LogP contribution >= 0.6 is 0 Å². The number of hydrogen-bond acceptors (Lipinski definition) is 3. The van der Waals surface area contributed by atoms with E-state index in [9.17, 15) is 14.7 Å². The van der Waals surface area contributed by atoms with Crippen LogP contribution in [0, 0.1) is 12.8 Å². The lowest BCUT2D eigenvalue weighted by molar-refractivity contribution is -0.138. The molecule has 0 bridgehead atoms. The summed E-state index contributed by atoms with van der Waals surface area (Å²) in [7, 11) is 0. The Hall–Kier alpha value is -2.04. The number of piperidine rings is 1. The molecule has 0 saturated carbocycles. The molecule has 1 saturated heterocycles. The van der Waals surface area contributed by atoms with E-state index in [0.717, 1.165) is 5.56 Å². The number of amides is 1. The Morgan fingerprint density at radius 1 is 1.30 bits per heavy atom. The van der Waals surface area contributed by atoms with Crippen molar-refractivity contribution in [1.29, 1.82) is 0 Å². The van der Waals surface area contributed by atoms with Crippen LogP contribution < -0.4 is 0 Å². The summed E-state index contributed by atoms with van der Waals surface area (Å²) in [6.45, 7) is 2.94. The van der Waals surface area contributed by atoms with E-state index in [2.05, 4.69) is 0 Å². The van der Waals surface area contributed by atoms with Crippen LogP contribution in [0.5, 0.6) is 5.75 Å². The third kappa shape index (κ3) is 3.29. The van der Waals surface area contributed by atoms with Gasteiger partial charge in [0.25, 0.3) is 5.91 Å². The molecule has 1 heterocycles. The highest BCUT2D eigenvalue weighted by Crippen LogP contribution is 2.25. The quantitative estimate of drug-likeness (QED) is 0.886. The standard InChI is InChI=1S/C15H19NO4/c1-10-2-3-12(13(17)8-10)15(20)16-6-4-11(5-7-16)9-14(18)19/h2-3,8,11,17H,4-7,9H2,1H3,(H,18,19). The predicted molar refractivity (Wildman–Crippen MR) is 73.7 cm³/mol. The molecule has 5 nitrogen and oxygen atoms in total. The average Bonchev–Trinajstić information content (AvgIpc) is 2.38. The van der Waals surface area contributed by atoms with Gasteiger partial charge in [-0.25, -0.2) is 0 Å². The number of rotatable bonds is 3. The zero-order chi connectivity index (χ0) is 14.7. The number of carboxylic acid groups (broad SMARTS) is 1. The van der Waals surface area contributed by atoms with E-state index < -0.39 is 5.97 Å². The van der Waals surface area contributed by atoms with Crippen molar-refractivity contribution in [3.63, 3.8) is 0 Å². The van der Waals surface area contributed by atoms with Gasteiger partial charge in [0.15, 0.2) is 0 Å². The first kappa shape index (κ1) is 14.4. The van der Waals surface area contributed by atoms with Gasteiger partial charge in [-0.1, -0.05) is 6.07 Å². The molecule has 0 atom stereocenters. The lowest BCUT2D eigenvalue weighted by Crippen LogP contribution is -2.38. The number of carboxylic acids is 1. The van der Waals surface area contributed by atoms with E-state index in [1.54, 1.807) is 23.1 Å². The number of hydrogen-bond donors (Lipinski definition) is 2. The number of nitrogens with zero attached hydrogens (tertiary/aromatic N) is 1. The minimum Gasteiger partial charge on any atom is -0.507 e. The Morgan fingerprint density at radius 2 is 1.95 bits per heavy atom. The Morgan fingerprint density at radius 3 is 2.50 bits per heavy atom. The van der Waals surface area contributed by atoms with Gasteiger partial charge in [0.2, 0.25) is 0 Å². The Bertz CT molecular complexity index is 519. The molecule has 108 valence electrons. The van der Waals surface area contributed by atoms with Crippen LogP contribution in [-0.4, -0.2) is 40.1 Å². The number of carbonyl (C=O) groups excluding carboxylic acids is 1. The maximum atomic E-state index is 12.3. The number of aromatic hydroxyl groups is 1. The van der Waals surface area contributed by atoms with E-state index in [1.165, 1.54) is 0 Å². The minimum atomic E-state index is -0.786. The Kier molecular flexibility index (Phi) is 4.27. The van der Waals surface area contributed by atoms with E-state index in [0.29, 0.717) is 31.5 Å². The molecule has 2 rings (SSSR count). The maximum absolute atomic E-state index is 12.3. The second kappa shape index (κ2) is 5.94. The van der Waals surface area contributed by atoms with E-state index >= 15 is 0 Å². The second-order valence-electron chi connectivity index (χ2n) is 5.35. The van der Waals surface area contributed by atoms with Crippen molar-refractivity contribution in [2.24, 2.45) is 5.92 Å². The van der Waals surface area contributed by atoms with Gasteiger partial charge in [-0.2, -0.15) is 0 Å². The normalized spacial score (nSPS) is 16.1. The summed E-state index contributed by atoms with van der Waals surface area (Å²) in [5.74, 6) is -0.826. The van der Waals surface area contributed by atoms with Crippen LogP contribution in [0.4, 0.5) is 0 Å². The molecule has 1 aliphatic heterocycles. The predicted octanol–water partition coefficient (Wildman–Crippen LogP) is 2.03. The molecule has 1 fully saturated rings. The lowest BCUT2D eigenvalue weighted by Gasteiger charge is -2.31. The number of aryl methyl sites for hydroxylation is 1. The number of aliphatic carboxylic acids is 1. The molecule has 2 N–H and O–H groups in total. The molecule has 1 amide bonds. The molecule has 0 spiro atoms. The van der Waals surface area contributed by atoms with E-state index in [1.807, 2.05) is 6.92 Å².